The van der Waals surface area contributed by atoms with E-state index in [-0.39, 0.29) is 17.4 Å². The van der Waals surface area contributed by atoms with Crippen LogP contribution in [0.1, 0.15) is 12.8 Å². The van der Waals surface area contributed by atoms with Crippen LogP contribution < -0.4 is 11.1 Å². The van der Waals surface area contributed by atoms with Crippen LogP contribution in [0.15, 0.2) is 12.1 Å². The minimum absolute atomic E-state index is 0.0254. The molecule has 0 bridgehead atoms. The van der Waals surface area contributed by atoms with E-state index in [1.807, 2.05) is 0 Å². The van der Waals surface area contributed by atoms with Crippen molar-refractivity contribution in [3.8, 4) is 0 Å². The molecule has 0 radical (unpaired) electrons. The molecule has 0 spiro atoms. The van der Waals surface area contributed by atoms with Crippen LogP contribution in [-0.2, 0) is 10.0 Å². The maximum absolute atomic E-state index is 13.6. The van der Waals surface area contributed by atoms with Crippen molar-refractivity contribution in [1.82, 2.24) is 4.31 Å². The molecule has 8 heteroatoms. The van der Waals surface area contributed by atoms with Gasteiger partial charge < -0.3 is 11.1 Å². The van der Waals surface area contributed by atoms with Crippen molar-refractivity contribution in [2.24, 2.45) is 0 Å². The molecule has 2 rings (SSSR count). The molecule has 0 aromatic heterocycles. The molecular formula is C12H17F2N3O2S. The highest BCUT2D eigenvalue weighted by Gasteiger charge is 2.26. The summed E-state index contributed by atoms with van der Waals surface area (Å²) in [5, 5.41) is 2.79. The predicted octanol–water partition coefficient (Wildman–Crippen LogP) is 1.38. The summed E-state index contributed by atoms with van der Waals surface area (Å²) in [6, 6.07) is 1.94. The summed E-state index contributed by atoms with van der Waals surface area (Å²) < 4.78 is 51.4. The van der Waals surface area contributed by atoms with E-state index < -0.39 is 21.7 Å². The summed E-state index contributed by atoms with van der Waals surface area (Å²) in [6.45, 7) is 0.684. The molecule has 0 amide bonds. The van der Waals surface area contributed by atoms with Crippen molar-refractivity contribution in [1.29, 1.82) is 0 Å². The number of hydrogen-bond acceptors (Lipinski definition) is 4. The highest BCUT2D eigenvalue weighted by atomic mass is 32.2. The maximum Gasteiger partial charge on any atom is 0.211 e. The molecule has 1 saturated heterocycles. The number of nitrogens with two attached hydrogens (primary N) is 1. The van der Waals surface area contributed by atoms with Crippen molar-refractivity contribution < 1.29 is 17.2 Å². The van der Waals surface area contributed by atoms with Gasteiger partial charge in [-0.15, -0.1) is 0 Å². The zero-order chi connectivity index (χ0) is 14.9. The number of benzene rings is 1. The number of nitrogen functional groups attached to an aromatic ring is 1. The fraction of sp³-hybridized carbons (Fsp3) is 0.500. The second kappa shape index (κ2) is 5.53. The number of piperidine rings is 1. The van der Waals surface area contributed by atoms with Crippen molar-refractivity contribution in [3.63, 3.8) is 0 Å². The third-order valence-electron chi connectivity index (χ3n) is 3.34. The van der Waals surface area contributed by atoms with Crippen molar-refractivity contribution in [2.75, 3.05) is 30.4 Å². The monoisotopic (exact) mass is 305 g/mol. The van der Waals surface area contributed by atoms with E-state index >= 15 is 0 Å². The summed E-state index contributed by atoms with van der Waals surface area (Å²) in [6.07, 6.45) is 2.15. The Morgan fingerprint density at radius 2 is 1.75 bits per heavy atom. The number of hydrogen-bond donors (Lipinski definition) is 2. The van der Waals surface area contributed by atoms with Gasteiger partial charge in [0.25, 0.3) is 0 Å². The van der Waals surface area contributed by atoms with E-state index in [1.54, 1.807) is 0 Å². The van der Waals surface area contributed by atoms with Crippen LogP contribution in [0.3, 0.4) is 0 Å². The maximum atomic E-state index is 13.6. The van der Waals surface area contributed by atoms with Crippen LogP contribution in [0.4, 0.5) is 20.2 Å². The molecule has 5 nitrogen and oxygen atoms in total. The first kappa shape index (κ1) is 15.0. The highest BCUT2D eigenvalue weighted by Crippen LogP contribution is 2.25. The van der Waals surface area contributed by atoms with Gasteiger partial charge in [-0.1, -0.05) is 0 Å². The Hall–Kier alpha value is -1.41. The molecule has 0 aliphatic carbocycles. The van der Waals surface area contributed by atoms with E-state index in [9.17, 15) is 17.2 Å². The van der Waals surface area contributed by atoms with Crippen LogP contribution in [0, 0.1) is 11.6 Å². The van der Waals surface area contributed by atoms with Gasteiger partial charge in [0.15, 0.2) is 11.6 Å². The summed E-state index contributed by atoms with van der Waals surface area (Å²) in [7, 11) is -3.20. The zero-order valence-electron chi connectivity index (χ0n) is 11.1. The van der Waals surface area contributed by atoms with Gasteiger partial charge in [0.05, 0.1) is 6.26 Å². The highest BCUT2D eigenvalue weighted by molar-refractivity contribution is 7.88. The minimum Gasteiger partial charge on any atom is -0.399 e. The molecule has 1 aromatic carbocycles. The van der Waals surface area contributed by atoms with Gasteiger partial charge in [-0.3, -0.25) is 0 Å². The van der Waals surface area contributed by atoms with Crippen LogP contribution in [0.5, 0.6) is 0 Å². The molecule has 20 heavy (non-hydrogen) atoms. The molecule has 1 aliphatic heterocycles. The van der Waals surface area contributed by atoms with Crippen LogP contribution >= 0.6 is 0 Å². The van der Waals surface area contributed by atoms with Gasteiger partial charge in [-0.25, -0.2) is 21.5 Å². The Bertz CT molecular complexity index is 576. The second-order valence-corrected chi connectivity index (χ2v) is 6.92. The number of nitrogens with zero attached hydrogens (tertiary/aromatic N) is 1. The fourth-order valence-electron chi connectivity index (χ4n) is 2.27. The SMILES string of the molecule is CS(=O)(=O)N1CCC(Nc2c(F)cc(N)cc2F)CC1. The van der Waals surface area contributed by atoms with Gasteiger partial charge in [0, 0.05) is 24.8 Å². The summed E-state index contributed by atoms with van der Waals surface area (Å²) in [5.41, 5.74) is 5.16. The molecule has 1 aromatic rings. The summed E-state index contributed by atoms with van der Waals surface area (Å²) in [5.74, 6) is -1.49. The first-order valence-electron chi connectivity index (χ1n) is 6.23. The fourth-order valence-corrected chi connectivity index (χ4v) is 3.14. The largest absolute Gasteiger partial charge is 0.399 e. The summed E-state index contributed by atoms with van der Waals surface area (Å²) in [4.78, 5) is 0. The van der Waals surface area contributed by atoms with Gasteiger partial charge in [-0.2, -0.15) is 0 Å². The molecule has 1 aliphatic rings. The average molecular weight is 305 g/mol. The van der Waals surface area contributed by atoms with E-state index in [0.29, 0.717) is 25.9 Å². The lowest BCUT2D eigenvalue weighted by atomic mass is 10.1. The first-order chi connectivity index (χ1) is 9.27. The van der Waals surface area contributed by atoms with E-state index in [0.717, 1.165) is 18.4 Å². The number of sulfonamides is 1. The number of rotatable bonds is 3. The van der Waals surface area contributed by atoms with Gasteiger partial charge >= 0.3 is 0 Å². The lowest BCUT2D eigenvalue weighted by molar-refractivity contribution is 0.331. The Labute approximate surface area is 116 Å². The lowest BCUT2D eigenvalue weighted by Gasteiger charge is -2.31. The third-order valence-corrected chi connectivity index (χ3v) is 4.64. The van der Waals surface area contributed by atoms with Crippen LogP contribution in [-0.4, -0.2) is 38.1 Å². The van der Waals surface area contributed by atoms with Crippen molar-refractivity contribution >= 4 is 21.4 Å². The Morgan fingerprint density at radius 1 is 1.25 bits per heavy atom. The zero-order valence-corrected chi connectivity index (χ0v) is 11.9. The van der Waals surface area contributed by atoms with E-state index in [2.05, 4.69) is 5.32 Å². The molecule has 1 fully saturated rings. The molecule has 3 N–H and O–H groups in total. The van der Waals surface area contributed by atoms with Crippen LogP contribution in [0.25, 0.3) is 0 Å². The first-order valence-corrected chi connectivity index (χ1v) is 8.08. The topological polar surface area (TPSA) is 75.4 Å². The van der Waals surface area contributed by atoms with Crippen molar-refractivity contribution in [2.45, 2.75) is 18.9 Å². The Balaban J connectivity index is 2.03. The molecular weight excluding hydrogens is 288 g/mol. The van der Waals surface area contributed by atoms with Crippen LogP contribution in [0.2, 0.25) is 0 Å². The predicted molar refractivity (Wildman–Crippen MR) is 73.8 cm³/mol. The molecule has 0 atom stereocenters. The molecule has 112 valence electrons. The average Bonchev–Trinajstić information content (AvgIpc) is 2.33. The molecule has 0 saturated carbocycles. The second-order valence-electron chi connectivity index (χ2n) is 4.94. The Kier molecular flexibility index (Phi) is 4.14. The summed E-state index contributed by atoms with van der Waals surface area (Å²) >= 11 is 0. The Morgan fingerprint density at radius 3 is 2.20 bits per heavy atom. The lowest BCUT2D eigenvalue weighted by Crippen LogP contribution is -2.42. The van der Waals surface area contributed by atoms with Gasteiger partial charge in [-0.05, 0) is 25.0 Å². The minimum atomic E-state index is -3.20. The quantitative estimate of drug-likeness (QED) is 0.827. The van der Waals surface area contributed by atoms with E-state index in [4.69, 9.17) is 5.73 Å². The number of anilines is 2. The third kappa shape index (κ3) is 3.37. The van der Waals surface area contributed by atoms with Crippen molar-refractivity contribution in [3.05, 3.63) is 23.8 Å². The smallest absolute Gasteiger partial charge is 0.211 e. The number of halogens is 2. The molecule has 1 heterocycles. The van der Waals surface area contributed by atoms with E-state index in [1.165, 1.54) is 4.31 Å². The number of nitrogens with one attached hydrogen (secondary N) is 1. The molecule has 0 unspecified atom stereocenters. The van der Waals surface area contributed by atoms with Gasteiger partial charge in [0.2, 0.25) is 10.0 Å². The normalized spacial score (nSPS) is 18.1. The van der Waals surface area contributed by atoms with Gasteiger partial charge in [0.1, 0.15) is 5.69 Å². The standard InChI is InChI=1S/C12H17F2N3O2S/c1-20(18,19)17-4-2-9(3-5-17)16-12-10(13)6-8(15)7-11(12)14/h6-7,9,16H,2-5,15H2,1H3.